The van der Waals surface area contributed by atoms with Crippen LogP contribution in [0.5, 0.6) is 5.75 Å². The van der Waals surface area contributed by atoms with E-state index in [-0.39, 0.29) is 12.5 Å². The standard InChI is InChI=1S/C27H22N4O2/c1-30-16-24(14-29-30)20-11-9-19(10-12-20)15-31-17-22-7-4-8-25(26(22)27(31)32)33-18-23-6-3-2-5-21(23)13-28/h2-12,14,16H,15,17-18H2,1H3. The fourth-order valence-electron chi connectivity index (χ4n) is 4.14. The summed E-state index contributed by atoms with van der Waals surface area (Å²) in [6.45, 7) is 1.31. The Labute approximate surface area is 192 Å². The van der Waals surface area contributed by atoms with E-state index in [9.17, 15) is 10.1 Å². The molecule has 1 amide bonds. The number of hydrogen-bond donors (Lipinski definition) is 0. The van der Waals surface area contributed by atoms with E-state index < -0.39 is 0 Å². The van der Waals surface area contributed by atoms with Crippen molar-refractivity contribution >= 4 is 5.91 Å². The number of carbonyl (C=O) groups is 1. The molecule has 1 aliphatic heterocycles. The summed E-state index contributed by atoms with van der Waals surface area (Å²) in [6, 6.07) is 23.4. The number of aryl methyl sites for hydroxylation is 1. The van der Waals surface area contributed by atoms with E-state index >= 15 is 0 Å². The number of aromatic nitrogens is 2. The topological polar surface area (TPSA) is 71.2 Å². The molecule has 0 fully saturated rings. The summed E-state index contributed by atoms with van der Waals surface area (Å²) in [4.78, 5) is 15.1. The van der Waals surface area contributed by atoms with Gasteiger partial charge in [0.05, 0.1) is 23.4 Å². The van der Waals surface area contributed by atoms with Crippen molar-refractivity contribution < 1.29 is 9.53 Å². The van der Waals surface area contributed by atoms with Gasteiger partial charge >= 0.3 is 0 Å². The van der Waals surface area contributed by atoms with Crippen molar-refractivity contribution in [3.63, 3.8) is 0 Å². The minimum absolute atomic E-state index is 0.0366. The Morgan fingerprint density at radius 1 is 1.03 bits per heavy atom. The first kappa shape index (κ1) is 20.5. The Balaban J connectivity index is 1.30. The van der Waals surface area contributed by atoms with Crippen molar-refractivity contribution in [2.24, 2.45) is 7.05 Å². The van der Waals surface area contributed by atoms with E-state index in [1.54, 1.807) is 10.7 Å². The highest BCUT2D eigenvalue weighted by molar-refractivity contribution is 6.01. The number of hydrogen-bond acceptors (Lipinski definition) is 4. The molecule has 0 atom stereocenters. The van der Waals surface area contributed by atoms with Crippen molar-refractivity contribution in [1.29, 1.82) is 5.26 Å². The number of benzene rings is 3. The summed E-state index contributed by atoms with van der Waals surface area (Å²) in [5.41, 5.74) is 6.16. The van der Waals surface area contributed by atoms with Crippen LogP contribution in [0.4, 0.5) is 0 Å². The molecule has 0 saturated carbocycles. The molecule has 33 heavy (non-hydrogen) atoms. The van der Waals surface area contributed by atoms with Gasteiger partial charge in [-0.3, -0.25) is 9.48 Å². The minimum Gasteiger partial charge on any atom is -0.488 e. The van der Waals surface area contributed by atoms with Crippen LogP contribution in [0.25, 0.3) is 11.1 Å². The van der Waals surface area contributed by atoms with E-state index in [0.717, 1.165) is 27.8 Å². The third-order valence-corrected chi connectivity index (χ3v) is 5.86. The van der Waals surface area contributed by atoms with Crippen LogP contribution in [0, 0.1) is 11.3 Å². The minimum atomic E-state index is -0.0366. The molecular formula is C27H22N4O2. The molecule has 6 heteroatoms. The van der Waals surface area contributed by atoms with Crippen molar-refractivity contribution in [1.82, 2.24) is 14.7 Å². The highest BCUT2D eigenvalue weighted by Crippen LogP contribution is 2.32. The van der Waals surface area contributed by atoms with Gasteiger partial charge in [-0.25, -0.2) is 0 Å². The maximum absolute atomic E-state index is 13.2. The molecule has 0 radical (unpaired) electrons. The highest BCUT2D eigenvalue weighted by atomic mass is 16.5. The highest BCUT2D eigenvalue weighted by Gasteiger charge is 2.30. The first-order valence-electron chi connectivity index (χ1n) is 10.7. The summed E-state index contributed by atoms with van der Waals surface area (Å²) in [6.07, 6.45) is 3.82. The van der Waals surface area contributed by atoms with Gasteiger partial charge in [-0.15, -0.1) is 0 Å². The predicted molar refractivity (Wildman–Crippen MR) is 124 cm³/mol. The van der Waals surface area contributed by atoms with Crippen LogP contribution in [0.15, 0.2) is 79.1 Å². The fourth-order valence-corrected chi connectivity index (χ4v) is 4.14. The number of rotatable bonds is 6. The average Bonchev–Trinajstić information content (AvgIpc) is 3.42. The van der Waals surface area contributed by atoms with E-state index in [2.05, 4.69) is 35.4 Å². The third-order valence-electron chi connectivity index (χ3n) is 5.86. The Kier molecular flexibility index (Phi) is 5.37. The van der Waals surface area contributed by atoms with Crippen LogP contribution in [0.2, 0.25) is 0 Å². The van der Waals surface area contributed by atoms with Gasteiger partial charge in [0.2, 0.25) is 0 Å². The van der Waals surface area contributed by atoms with Gasteiger partial charge in [0.1, 0.15) is 12.4 Å². The average molecular weight is 434 g/mol. The van der Waals surface area contributed by atoms with Crippen LogP contribution < -0.4 is 4.74 Å². The Bertz CT molecular complexity index is 1370. The van der Waals surface area contributed by atoms with Gasteiger partial charge in [-0.2, -0.15) is 10.4 Å². The van der Waals surface area contributed by atoms with Gasteiger partial charge in [0.15, 0.2) is 0 Å². The van der Waals surface area contributed by atoms with Crippen molar-refractivity contribution in [3.8, 4) is 22.9 Å². The molecule has 0 spiro atoms. The molecule has 1 aromatic heterocycles. The summed E-state index contributed by atoms with van der Waals surface area (Å²) >= 11 is 0. The molecule has 6 nitrogen and oxygen atoms in total. The smallest absolute Gasteiger partial charge is 0.258 e. The second kappa shape index (κ2) is 8.64. The quantitative estimate of drug-likeness (QED) is 0.441. The molecule has 0 saturated heterocycles. The number of ether oxygens (including phenoxy) is 1. The predicted octanol–water partition coefficient (Wildman–Crippen LogP) is 4.69. The molecule has 1 aliphatic rings. The van der Waals surface area contributed by atoms with Crippen LogP contribution in [-0.2, 0) is 26.7 Å². The molecule has 5 rings (SSSR count). The van der Waals surface area contributed by atoms with Gasteiger partial charge in [0.25, 0.3) is 5.91 Å². The zero-order chi connectivity index (χ0) is 22.8. The van der Waals surface area contributed by atoms with E-state index in [1.807, 2.05) is 60.7 Å². The Hall–Kier alpha value is -4.37. The van der Waals surface area contributed by atoms with E-state index in [1.165, 1.54) is 0 Å². The fraction of sp³-hybridized carbons (Fsp3) is 0.148. The second-order valence-electron chi connectivity index (χ2n) is 8.11. The number of fused-ring (bicyclic) bond motifs is 1. The molecular weight excluding hydrogens is 412 g/mol. The Morgan fingerprint density at radius 2 is 1.85 bits per heavy atom. The number of nitriles is 1. The molecule has 0 N–H and O–H groups in total. The maximum Gasteiger partial charge on any atom is 0.258 e. The normalized spacial score (nSPS) is 12.5. The van der Waals surface area contributed by atoms with E-state index in [0.29, 0.717) is 30.0 Å². The van der Waals surface area contributed by atoms with Gasteiger partial charge in [-0.05, 0) is 28.8 Å². The second-order valence-corrected chi connectivity index (χ2v) is 8.11. The summed E-state index contributed by atoms with van der Waals surface area (Å²) in [7, 11) is 1.90. The number of nitrogens with zero attached hydrogens (tertiary/aromatic N) is 4. The molecule has 4 aromatic rings. The monoisotopic (exact) mass is 434 g/mol. The van der Waals surface area contributed by atoms with Gasteiger partial charge < -0.3 is 9.64 Å². The van der Waals surface area contributed by atoms with Crippen LogP contribution >= 0.6 is 0 Å². The zero-order valence-electron chi connectivity index (χ0n) is 18.2. The SMILES string of the molecule is Cn1cc(-c2ccc(CN3Cc4cccc(OCc5ccccc5C#N)c4C3=O)cc2)cn1. The largest absolute Gasteiger partial charge is 0.488 e. The van der Waals surface area contributed by atoms with E-state index in [4.69, 9.17) is 4.74 Å². The zero-order valence-corrected chi connectivity index (χ0v) is 18.2. The lowest BCUT2D eigenvalue weighted by Gasteiger charge is -2.16. The lowest BCUT2D eigenvalue weighted by atomic mass is 10.1. The van der Waals surface area contributed by atoms with Crippen LogP contribution in [-0.4, -0.2) is 20.6 Å². The van der Waals surface area contributed by atoms with Crippen LogP contribution in [0.3, 0.4) is 0 Å². The summed E-state index contributed by atoms with van der Waals surface area (Å²) in [5, 5.41) is 13.5. The molecule has 3 aromatic carbocycles. The molecule has 0 unspecified atom stereocenters. The molecule has 0 bridgehead atoms. The molecule has 162 valence electrons. The number of amides is 1. The third kappa shape index (κ3) is 4.09. The van der Waals surface area contributed by atoms with Gasteiger partial charge in [0, 0.05) is 37.5 Å². The van der Waals surface area contributed by atoms with Crippen LogP contribution in [0.1, 0.15) is 32.6 Å². The van der Waals surface area contributed by atoms with Crippen molar-refractivity contribution in [2.45, 2.75) is 19.7 Å². The lowest BCUT2D eigenvalue weighted by molar-refractivity contribution is 0.0763. The first-order valence-corrected chi connectivity index (χ1v) is 10.7. The number of carbonyl (C=O) groups excluding carboxylic acids is 1. The lowest BCUT2D eigenvalue weighted by Crippen LogP contribution is -2.23. The first-order chi connectivity index (χ1) is 16.1. The van der Waals surface area contributed by atoms with Crippen molar-refractivity contribution in [2.75, 3.05) is 0 Å². The summed E-state index contributed by atoms with van der Waals surface area (Å²) in [5.74, 6) is 0.519. The maximum atomic E-state index is 13.2. The Morgan fingerprint density at radius 3 is 2.61 bits per heavy atom. The van der Waals surface area contributed by atoms with Crippen molar-refractivity contribution in [3.05, 3.63) is 107 Å². The van der Waals surface area contributed by atoms with Gasteiger partial charge in [-0.1, -0.05) is 54.6 Å². The summed E-state index contributed by atoms with van der Waals surface area (Å²) < 4.78 is 7.79. The molecule has 0 aliphatic carbocycles. The molecule has 2 heterocycles.